The number of hydrogen-bond acceptors (Lipinski definition) is 3. The maximum atomic E-state index is 5.95. The second kappa shape index (κ2) is 5.33. The second-order valence-electron chi connectivity index (χ2n) is 3.71. The summed E-state index contributed by atoms with van der Waals surface area (Å²) >= 11 is 5.95. The molecule has 84 valence electrons. The average molecular weight is 228 g/mol. The molecule has 1 rings (SSSR count). The number of halogens is 1. The van der Waals surface area contributed by atoms with Crippen molar-refractivity contribution < 1.29 is 0 Å². The predicted octanol–water partition coefficient (Wildman–Crippen LogP) is 2.43. The lowest BCUT2D eigenvalue weighted by molar-refractivity contribution is 0.656. The lowest BCUT2D eigenvalue weighted by Gasteiger charge is -2.25. The SMILES string of the molecule is CCC(C)N(C)c1cc(CN)c(Cl)cn1. The first-order valence-electron chi connectivity index (χ1n) is 5.17. The van der Waals surface area contributed by atoms with Crippen molar-refractivity contribution in [3.8, 4) is 0 Å². The molecule has 3 nitrogen and oxygen atoms in total. The highest BCUT2D eigenvalue weighted by atomic mass is 35.5. The average Bonchev–Trinajstić information content (AvgIpc) is 2.27. The Kier molecular flexibility index (Phi) is 4.36. The van der Waals surface area contributed by atoms with Gasteiger partial charge in [-0.2, -0.15) is 0 Å². The zero-order valence-electron chi connectivity index (χ0n) is 9.50. The molecule has 15 heavy (non-hydrogen) atoms. The summed E-state index contributed by atoms with van der Waals surface area (Å²) in [4.78, 5) is 6.43. The van der Waals surface area contributed by atoms with Crippen molar-refractivity contribution in [1.29, 1.82) is 0 Å². The quantitative estimate of drug-likeness (QED) is 0.859. The summed E-state index contributed by atoms with van der Waals surface area (Å²) in [7, 11) is 2.03. The fraction of sp³-hybridized carbons (Fsp3) is 0.545. The van der Waals surface area contributed by atoms with Crippen LogP contribution in [0.1, 0.15) is 25.8 Å². The summed E-state index contributed by atoms with van der Waals surface area (Å²) in [6, 6.07) is 2.42. The van der Waals surface area contributed by atoms with Crippen molar-refractivity contribution in [3.05, 3.63) is 22.8 Å². The van der Waals surface area contributed by atoms with Crippen LogP contribution in [0.2, 0.25) is 5.02 Å². The van der Waals surface area contributed by atoms with Crippen molar-refractivity contribution >= 4 is 17.4 Å². The van der Waals surface area contributed by atoms with Gasteiger partial charge in [0.2, 0.25) is 0 Å². The van der Waals surface area contributed by atoms with Gasteiger partial charge in [-0.3, -0.25) is 0 Å². The van der Waals surface area contributed by atoms with Crippen LogP contribution in [0.15, 0.2) is 12.3 Å². The molecule has 0 aliphatic rings. The Morgan fingerprint density at radius 1 is 1.60 bits per heavy atom. The van der Waals surface area contributed by atoms with E-state index in [0.717, 1.165) is 17.8 Å². The van der Waals surface area contributed by atoms with Crippen molar-refractivity contribution in [1.82, 2.24) is 4.98 Å². The van der Waals surface area contributed by atoms with E-state index in [9.17, 15) is 0 Å². The molecular formula is C11H18ClN3. The molecule has 1 heterocycles. The molecule has 0 aliphatic carbocycles. The van der Waals surface area contributed by atoms with E-state index in [2.05, 4.69) is 23.7 Å². The summed E-state index contributed by atoms with van der Waals surface area (Å²) in [5.41, 5.74) is 6.54. The zero-order valence-corrected chi connectivity index (χ0v) is 10.3. The van der Waals surface area contributed by atoms with Crippen molar-refractivity contribution in [2.24, 2.45) is 5.73 Å². The van der Waals surface area contributed by atoms with Crippen molar-refractivity contribution in [2.45, 2.75) is 32.9 Å². The maximum Gasteiger partial charge on any atom is 0.128 e. The van der Waals surface area contributed by atoms with Gasteiger partial charge in [0, 0.05) is 25.8 Å². The third-order valence-electron chi connectivity index (χ3n) is 2.75. The maximum absolute atomic E-state index is 5.95. The Morgan fingerprint density at radius 2 is 2.27 bits per heavy atom. The molecule has 0 spiro atoms. The smallest absolute Gasteiger partial charge is 0.128 e. The van der Waals surface area contributed by atoms with Gasteiger partial charge in [0.15, 0.2) is 0 Å². The van der Waals surface area contributed by atoms with Crippen molar-refractivity contribution in [3.63, 3.8) is 0 Å². The monoisotopic (exact) mass is 227 g/mol. The third-order valence-corrected chi connectivity index (χ3v) is 3.09. The summed E-state index contributed by atoms with van der Waals surface area (Å²) < 4.78 is 0. The Bertz CT molecular complexity index is 328. The van der Waals surface area contributed by atoms with E-state index in [1.807, 2.05) is 13.1 Å². The van der Waals surface area contributed by atoms with Crippen LogP contribution in [0.5, 0.6) is 0 Å². The van der Waals surface area contributed by atoms with Crippen LogP contribution in [0.25, 0.3) is 0 Å². The molecule has 0 bridgehead atoms. The number of nitrogens with zero attached hydrogens (tertiary/aromatic N) is 2. The lowest BCUT2D eigenvalue weighted by atomic mass is 10.2. The molecule has 1 unspecified atom stereocenters. The summed E-state index contributed by atoms with van der Waals surface area (Å²) in [6.07, 6.45) is 2.75. The number of rotatable bonds is 4. The highest BCUT2D eigenvalue weighted by molar-refractivity contribution is 6.31. The molecule has 0 radical (unpaired) electrons. The molecule has 1 aromatic rings. The molecule has 0 saturated heterocycles. The van der Waals surface area contributed by atoms with Crippen LogP contribution in [0, 0.1) is 0 Å². The normalized spacial score (nSPS) is 12.6. The minimum atomic E-state index is 0.447. The van der Waals surface area contributed by atoms with Gasteiger partial charge in [0.05, 0.1) is 5.02 Å². The number of anilines is 1. The molecule has 0 aromatic carbocycles. The Labute approximate surface area is 96.2 Å². The fourth-order valence-electron chi connectivity index (χ4n) is 1.32. The number of hydrogen-bond donors (Lipinski definition) is 1. The third kappa shape index (κ3) is 2.83. The van der Waals surface area contributed by atoms with E-state index < -0.39 is 0 Å². The van der Waals surface area contributed by atoms with E-state index in [-0.39, 0.29) is 0 Å². The summed E-state index contributed by atoms with van der Waals surface area (Å²) in [5, 5.41) is 0.638. The Balaban J connectivity index is 2.95. The number of aromatic nitrogens is 1. The van der Waals surface area contributed by atoms with E-state index in [1.165, 1.54) is 0 Å². The van der Waals surface area contributed by atoms with Gasteiger partial charge in [-0.05, 0) is 25.0 Å². The zero-order chi connectivity index (χ0) is 11.4. The standard InChI is InChI=1S/C11H18ClN3/c1-4-8(2)15(3)11-5-9(6-13)10(12)7-14-11/h5,7-8H,4,6,13H2,1-3H3. The van der Waals surface area contributed by atoms with Crippen molar-refractivity contribution in [2.75, 3.05) is 11.9 Å². The van der Waals surface area contributed by atoms with E-state index in [0.29, 0.717) is 17.6 Å². The molecular weight excluding hydrogens is 210 g/mol. The number of pyridine rings is 1. The minimum Gasteiger partial charge on any atom is -0.357 e. The first kappa shape index (κ1) is 12.3. The van der Waals surface area contributed by atoms with Gasteiger partial charge in [0.1, 0.15) is 5.82 Å². The van der Waals surface area contributed by atoms with Crippen LogP contribution in [0.3, 0.4) is 0 Å². The van der Waals surface area contributed by atoms with Crippen LogP contribution in [-0.2, 0) is 6.54 Å². The topological polar surface area (TPSA) is 42.1 Å². The van der Waals surface area contributed by atoms with E-state index in [4.69, 9.17) is 17.3 Å². The first-order chi connectivity index (χ1) is 7.10. The highest BCUT2D eigenvalue weighted by Gasteiger charge is 2.10. The highest BCUT2D eigenvalue weighted by Crippen LogP contribution is 2.20. The molecule has 0 aliphatic heterocycles. The van der Waals surface area contributed by atoms with Crippen LogP contribution < -0.4 is 10.6 Å². The van der Waals surface area contributed by atoms with Gasteiger partial charge < -0.3 is 10.6 Å². The molecule has 1 atom stereocenters. The van der Waals surface area contributed by atoms with Crippen LogP contribution in [0.4, 0.5) is 5.82 Å². The molecule has 4 heteroatoms. The summed E-state index contributed by atoms with van der Waals surface area (Å²) in [5.74, 6) is 0.925. The van der Waals surface area contributed by atoms with Gasteiger partial charge in [-0.1, -0.05) is 18.5 Å². The summed E-state index contributed by atoms with van der Waals surface area (Å²) in [6.45, 7) is 4.77. The fourth-order valence-corrected chi connectivity index (χ4v) is 1.50. The molecule has 0 saturated carbocycles. The Hall–Kier alpha value is -0.800. The molecule has 0 amide bonds. The van der Waals surface area contributed by atoms with E-state index >= 15 is 0 Å². The molecule has 0 fully saturated rings. The second-order valence-corrected chi connectivity index (χ2v) is 4.11. The van der Waals surface area contributed by atoms with Gasteiger partial charge in [0.25, 0.3) is 0 Å². The predicted molar refractivity (Wildman–Crippen MR) is 65.3 cm³/mol. The van der Waals surface area contributed by atoms with Gasteiger partial charge in [-0.25, -0.2) is 4.98 Å². The lowest BCUT2D eigenvalue weighted by Crippen LogP contribution is -2.28. The minimum absolute atomic E-state index is 0.447. The van der Waals surface area contributed by atoms with Gasteiger partial charge >= 0.3 is 0 Å². The number of nitrogens with two attached hydrogens (primary N) is 1. The first-order valence-corrected chi connectivity index (χ1v) is 5.55. The van der Waals surface area contributed by atoms with Crippen LogP contribution in [-0.4, -0.2) is 18.1 Å². The molecule has 1 aromatic heterocycles. The Morgan fingerprint density at radius 3 is 2.80 bits per heavy atom. The van der Waals surface area contributed by atoms with Gasteiger partial charge in [-0.15, -0.1) is 0 Å². The molecule has 2 N–H and O–H groups in total. The van der Waals surface area contributed by atoms with E-state index in [1.54, 1.807) is 6.20 Å². The largest absolute Gasteiger partial charge is 0.357 e. The van der Waals surface area contributed by atoms with Crippen LogP contribution >= 0.6 is 11.6 Å².